The Morgan fingerprint density at radius 3 is 2.33 bits per heavy atom. The number of imidazole rings is 1. The molecule has 0 amide bonds. The summed E-state index contributed by atoms with van der Waals surface area (Å²) in [7, 11) is 0. The average molecular weight is 172 g/mol. The zero-order valence-corrected chi connectivity index (χ0v) is 7.06. The van der Waals surface area contributed by atoms with Crippen molar-refractivity contribution in [2.24, 2.45) is 0 Å². The van der Waals surface area contributed by atoms with E-state index in [1.165, 1.54) is 0 Å². The second-order valence-corrected chi connectivity index (χ2v) is 2.04. The van der Waals surface area contributed by atoms with Crippen molar-refractivity contribution >= 4 is 6.16 Å². The Morgan fingerprint density at radius 1 is 1.67 bits per heavy atom. The highest BCUT2D eigenvalue weighted by molar-refractivity contribution is 5.53. The summed E-state index contributed by atoms with van der Waals surface area (Å²) >= 11 is 0. The van der Waals surface area contributed by atoms with Crippen molar-refractivity contribution in [2.75, 3.05) is 0 Å². The van der Waals surface area contributed by atoms with Gasteiger partial charge in [0.1, 0.15) is 5.82 Å². The smallest absolute Gasteiger partial charge is 0.450 e. The average Bonchev–Trinajstić information content (AvgIpc) is 2.33. The summed E-state index contributed by atoms with van der Waals surface area (Å²) in [5.41, 5.74) is 0. The van der Waals surface area contributed by atoms with E-state index in [-0.39, 0.29) is 0 Å². The molecule has 0 saturated carbocycles. The van der Waals surface area contributed by atoms with E-state index in [0.717, 1.165) is 12.4 Å². The van der Waals surface area contributed by atoms with Crippen molar-refractivity contribution < 1.29 is 15.0 Å². The molecule has 1 aromatic rings. The van der Waals surface area contributed by atoms with Crippen LogP contribution in [0.15, 0.2) is 12.4 Å². The van der Waals surface area contributed by atoms with Crippen molar-refractivity contribution in [3.8, 4) is 0 Å². The molecule has 12 heavy (non-hydrogen) atoms. The Bertz CT molecular complexity index is 241. The number of hydrogen-bond acceptors (Lipinski definition) is 2. The Morgan fingerprint density at radius 2 is 2.17 bits per heavy atom. The molecule has 0 aliphatic heterocycles. The molecule has 2 N–H and O–H groups in total. The summed E-state index contributed by atoms with van der Waals surface area (Å²) in [5.74, 6) is 1.09. The van der Waals surface area contributed by atoms with Crippen molar-refractivity contribution in [1.29, 1.82) is 0 Å². The fourth-order valence-electron chi connectivity index (χ4n) is 0.738. The summed E-state index contributed by atoms with van der Waals surface area (Å²) in [5, 5.41) is 13.9. The number of aromatic nitrogens is 2. The van der Waals surface area contributed by atoms with Gasteiger partial charge < -0.3 is 14.8 Å². The van der Waals surface area contributed by atoms with Crippen LogP contribution in [0.3, 0.4) is 0 Å². The van der Waals surface area contributed by atoms with E-state index in [9.17, 15) is 0 Å². The Kier molecular flexibility index (Phi) is 4.52. The topological polar surface area (TPSA) is 75.4 Å². The van der Waals surface area contributed by atoms with Gasteiger partial charge in [0.15, 0.2) is 0 Å². The van der Waals surface area contributed by atoms with Crippen LogP contribution in [0.4, 0.5) is 4.79 Å². The van der Waals surface area contributed by atoms with E-state index >= 15 is 0 Å². The van der Waals surface area contributed by atoms with Crippen LogP contribution in [-0.2, 0) is 6.54 Å². The predicted octanol–water partition coefficient (Wildman–Crippen LogP) is 1.43. The van der Waals surface area contributed by atoms with Gasteiger partial charge in [-0.05, 0) is 13.8 Å². The number of aryl methyl sites for hydroxylation is 2. The van der Waals surface area contributed by atoms with Crippen LogP contribution in [0, 0.1) is 6.92 Å². The van der Waals surface area contributed by atoms with Crippen LogP contribution in [0.25, 0.3) is 0 Å². The quantitative estimate of drug-likeness (QED) is 0.672. The molecular formula is C7H12N2O3. The summed E-state index contributed by atoms with van der Waals surface area (Å²) in [6.07, 6.45) is 1.97. The lowest BCUT2D eigenvalue weighted by molar-refractivity contribution is 0.137. The maximum atomic E-state index is 8.56. The predicted molar refractivity (Wildman–Crippen MR) is 43.3 cm³/mol. The standard InChI is InChI=1S/C6H10N2.CH2O3/c1-3-8-5-4-7-6(8)2;2-1(3)4/h4-5H,3H2,1-2H3;(H2,2,3,4). The first-order valence-corrected chi connectivity index (χ1v) is 3.47. The Hall–Kier alpha value is -1.52. The Balaban J connectivity index is 0.000000261. The molecule has 0 fully saturated rings. The summed E-state index contributed by atoms with van der Waals surface area (Å²) in [4.78, 5) is 12.6. The summed E-state index contributed by atoms with van der Waals surface area (Å²) in [6, 6.07) is 0. The SMILES string of the molecule is CCn1ccnc1C.O=C(O)O. The third-order valence-electron chi connectivity index (χ3n) is 1.26. The van der Waals surface area contributed by atoms with E-state index in [1.54, 1.807) is 0 Å². The molecule has 68 valence electrons. The zero-order valence-electron chi connectivity index (χ0n) is 7.06. The molecule has 0 radical (unpaired) electrons. The number of nitrogens with zero attached hydrogens (tertiary/aromatic N) is 2. The first-order chi connectivity index (χ1) is 5.57. The molecule has 0 bridgehead atoms. The summed E-state index contributed by atoms with van der Waals surface area (Å²) in [6.45, 7) is 5.13. The van der Waals surface area contributed by atoms with Gasteiger partial charge in [-0.2, -0.15) is 0 Å². The number of carbonyl (C=O) groups is 1. The summed E-state index contributed by atoms with van der Waals surface area (Å²) < 4.78 is 2.10. The van der Waals surface area contributed by atoms with Gasteiger partial charge in [-0.3, -0.25) is 0 Å². The normalized spacial score (nSPS) is 8.50. The molecule has 0 atom stereocenters. The lowest BCUT2D eigenvalue weighted by atomic mass is 10.6. The molecule has 0 spiro atoms. The fraction of sp³-hybridized carbons (Fsp3) is 0.429. The minimum atomic E-state index is -1.83. The van der Waals surface area contributed by atoms with Crippen LogP contribution in [0.5, 0.6) is 0 Å². The molecule has 0 aliphatic carbocycles. The molecule has 0 aliphatic rings. The second kappa shape index (κ2) is 5.17. The highest BCUT2D eigenvalue weighted by Gasteiger charge is 1.88. The van der Waals surface area contributed by atoms with Gasteiger partial charge in [0.2, 0.25) is 0 Å². The Labute approximate surface area is 70.3 Å². The molecule has 1 heterocycles. The van der Waals surface area contributed by atoms with Crippen LogP contribution < -0.4 is 0 Å². The zero-order chi connectivity index (χ0) is 9.56. The lowest BCUT2D eigenvalue weighted by Crippen LogP contribution is -1.93. The van der Waals surface area contributed by atoms with Gasteiger partial charge in [-0.1, -0.05) is 0 Å². The van der Waals surface area contributed by atoms with Crippen LogP contribution >= 0.6 is 0 Å². The second-order valence-electron chi connectivity index (χ2n) is 2.04. The van der Waals surface area contributed by atoms with Gasteiger partial charge in [0.05, 0.1) is 0 Å². The van der Waals surface area contributed by atoms with Crippen molar-refractivity contribution in [2.45, 2.75) is 20.4 Å². The highest BCUT2D eigenvalue weighted by atomic mass is 16.6. The number of carboxylic acid groups (broad SMARTS) is 2. The molecule has 0 unspecified atom stereocenters. The first-order valence-electron chi connectivity index (χ1n) is 3.47. The van der Waals surface area contributed by atoms with E-state index < -0.39 is 6.16 Å². The molecule has 5 nitrogen and oxygen atoms in total. The molecule has 0 saturated heterocycles. The molecule has 1 rings (SSSR count). The van der Waals surface area contributed by atoms with Gasteiger partial charge in [-0.25, -0.2) is 9.78 Å². The van der Waals surface area contributed by atoms with E-state index in [0.29, 0.717) is 0 Å². The largest absolute Gasteiger partial charge is 0.503 e. The molecule has 1 aromatic heterocycles. The van der Waals surface area contributed by atoms with Gasteiger partial charge in [0, 0.05) is 18.9 Å². The van der Waals surface area contributed by atoms with Crippen molar-refractivity contribution in [1.82, 2.24) is 9.55 Å². The van der Waals surface area contributed by atoms with Crippen LogP contribution in [-0.4, -0.2) is 25.9 Å². The van der Waals surface area contributed by atoms with Gasteiger partial charge >= 0.3 is 6.16 Å². The first kappa shape index (κ1) is 10.5. The van der Waals surface area contributed by atoms with E-state index in [1.807, 2.05) is 19.3 Å². The maximum Gasteiger partial charge on any atom is 0.503 e. The van der Waals surface area contributed by atoms with Gasteiger partial charge in [-0.15, -0.1) is 0 Å². The van der Waals surface area contributed by atoms with Crippen molar-refractivity contribution in [3.05, 3.63) is 18.2 Å². The molecule has 0 aromatic carbocycles. The monoisotopic (exact) mass is 172 g/mol. The van der Waals surface area contributed by atoms with Crippen LogP contribution in [0.1, 0.15) is 12.7 Å². The minimum absolute atomic E-state index is 1.02. The fourth-order valence-corrected chi connectivity index (χ4v) is 0.738. The lowest BCUT2D eigenvalue weighted by Gasteiger charge is -1.95. The third-order valence-corrected chi connectivity index (χ3v) is 1.26. The van der Waals surface area contributed by atoms with Crippen molar-refractivity contribution in [3.63, 3.8) is 0 Å². The van der Waals surface area contributed by atoms with E-state index in [2.05, 4.69) is 16.5 Å². The number of hydrogen-bond donors (Lipinski definition) is 2. The maximum absolute atomic E-state index is 8.56. The molecular weight excluding hydrogens is 160 g/mol. The number of rotatable bonds is 1. The van der Waals surface area contributed by atoms with Crippen LogP contribution in [0.2, 0.25) is 0 Å². The molecule has 5 heteroatoms. The highest BCUT2D eigenvalue weighted by Crippen LogP contribution is 1.92. The van der Waals surface area contributed by atoms with E-state index in [4.69, 9.17) is 15.0 Å². The minimum Gasteiger partial charge on any atom is -0.450 e. The van der Waals surface area contributed by atoms with Gasteiger partial charge in [0.25, 0.3) is 0 Å². The third kappa shape index (κ3) is 4.32.